The second-order valence-corrected chi connectivity index (χ2v) is 13.0. The van der Waals surface area contributed by atoms with Crippen LogP contribution < -0.4 is 10.1 Å². The minimum absolute atomic E-state index is 0.0449. The van der Waals surface area contributed by atoms with Crippen LogP contribution >= 0.6 is 0 Å². The molecular formula is C30H38F2N4O5. The van der Waals surface area contributed by atoms with Crippen molar-refractivity contribution in [3.05, 3.63) is 30.0 Å². The van der Waals surface area contributed by atoms with Gasteiger partial charge in [-0.1, -0.05) is 46.2 Å². The van der Waals surface area contributed by atoms with E-state index in [4.69, 9.17) is 9.47 Å². The fourth-order valence-corrected chi connectivity index (χ4v) is 6.00. The van der Waals surface area contributed by atoms with E-state index in [1.54, 1.807) is 31.2 Å². The standard InChI is InChI=1S/C30H38F2N4O5/c1-17-21(16-37)36-15-22(17)40-25-23(33-19-11-6-7-12-20(19)34-25)30(31,32)13-9-8-10-18-14-29(18,5)41-27(39)35-24(26(36)38)28(2,3)4/h6-7,11-12,16-18,21-22,24H,8-10,13-15H2,1-5H3,(H,35,39)/t17-,18+,21+,22-,24+,29+/m0/s1. The first-order chi connectivity index (χ1) is 19.2. The van der Waals surface area contributed by atoms with Gasteiger partial charge in [-0.3, -0.25) is 4.79 Å². The largest absolute Gasteiger partial charge is 0.471 e. The molecule has 0 radical (unpaired) electrons. The monoisotopic (exact) mass is 572 g/mol. The number of hydrogen-bond acceptors (Lipinski definition) is 7. The number of alkyl carbamates (subject to hydrolysis) is 1. The van der Waals surface area contributed by atoms with Gasteiger partial charge in [0.15, 0.2) is 5.69 Å². The highest BCUT2D eigenvalue weighted by Crippen LogP contribution is 2.50. The predicted molar refractivity (Wildman–Crippen MR) is 146 cm³/mol. The first kappa shape index (κ1) is 29.1. The number of rotatable bonds is 1. The Morgan fingerprint density at radius 3 is 2.46 bits per heavy atom. The van der Waals surface area contributed by atoms with Crippen LogP contribution in [-0.2, 0) is 20.2 Å². The number of nitrogens with one attached hydrogen (secondary N) is 1. The molecule has 2 aromatic rings. The summed E-state index contributed by atoms with van der Waals surface area (Å²) in [7, 11) is 0. The highest BCUT2D eigenvalue weighted by atomic mass is 19.3. The fourth-order valence-electron chi connectivity index (χ4n) is 6.00. The van der Waals surface area contributed by atoms with Gasteiger partial charge in [0.2, 0.25) is 11.8 Å². The smallest absolute Gasteiger partial charge is 0.408 e. The van der Waals surface area contributed by atoms with Gasteiger partial charge in [-0.15, -0.1) is 0 Å². The summed E-state index contributed by atoms with van der Waals surface area (Å²) < 4.78 is 43.3. The van der Waals surface area contributed by atoms with Gasteiger partial charge >= 0.3 is 6.09 Å². The summed E-state index contributed by atoms with van der Waals surface area (Å²) in [6.45, 7) is 8.94. The van der Waals surface area contributed by atoms with E-state index in [0.717, 1.165) is 0 Å². The Kier molecular flexibility index (Phi) is 7.44. The number of para-hydroxylation sites is 2. The third kappa shape index (κ3) is 5.72. The van der Waals surface area contributed by atoms with Gasteiger partial charge in [0.1, 0.15) is 24.0 Å². The van der Waals surface area contributed by atoms with Crippen LogP contribution in [0.25, 0.3) is 11.0 Å². The van der Waals surface area contributed by atoms with Crippen LogP contribution in [0.5, 0.6) is 5.88 Å². The molecule has 41 heavy (non-hydrogen) atoms. The second kappa shape index (κ2) is 10.5. The first-order valence-corrected chi connectivity index (χ1v) is 14.3. The number of benzene rings is 1. The molecule has 3 heterocycles. The number of alkyl halides is 2. The number of fused-ring (bicyclic) bond motifs is 5. The number of carbonyl (C=O) groups excluding carboxylic acids is 3. The molecule has 1 aromatic heterocycles. The van der Waals surface area contributed by atoms with Crippen LogP contribution in [0.3, 0.4) is 0 Å². The van der Waals surface area contributed by atoms with E-state index in [1.807, 2.05) is 27.7 Å². The lowest BCUT2D eigenvalue weighted by atomic mass is 9.85. The van der Waals surface area contributed by atoms with E-state index in [9.17, 15) is 14.4 Å². The number of halogens is 2. The molecule has 3 aliphatic rings. The van der Waals surface area contributed by atoms with Gasteiger partial charge in [0, 0.05) is 18.3 Å². The summed E-state index contributed by atoms with van der Waals surface area (Å²) in [5, 5.41) is 2.75. The lowest BCUT2D eigenvalue weighted by molar-refractivity contribution is -0.139. The van der Waals surface area contributed by atoms with Crippen LogP contribution in [0.2, 0.25) is 0 Å². The number of ether oxygens (including phenoxy) is 2. The second-order valence-electron chi connectivity index (χ2n) is 13.0. The molecule has 2 bridgehead atoms. The van der Waals surface area contributed by atoms with E-state index in [2.05, 4.69) is 15.3 Å². The minimum Gasteiger partial charge on any atom is -0.471 e. The summed E-state index contributed by atoms with van der Waals surface area (Å²) >= 11 is 0. The Bertz CT molecular complexity index is 1350. The average Bonchev–Trinajstić information content (AvgIpc) is 3.42. The molecule has 1 aliphatic carbocycles. The number of carbonyl (C=O) groups is 3. The molecule has 2 aliphatic heterocycles. The maximum atomic E-state index is 15.7. The van der Waals surface area contributed by atoms with Crippen LogP contribution in [0.15, 0.2) is 24.3 Å². The lowest BCUT2D eigenvalue weighted by Crippen LogP contribution is -2.56. The van der Waals surface area contributed by atoms with E-state index in [0.29, 0.717) is 36.6 Å². The topological polar surface area (TPSA) is 111 Å². The molecule has 1 aromatic carbocycles. The molecule has 0 unspecified atom stereocenters. The van der Waals surface area contributed by atoms with Crippen LogP contribution in [0.1, 0.15) is 72.4 Å². The van der Waals surface area contributed by atoms with Gasteiger partial charge in [-0.05, 0) is 43.7 Å². The highest BCUT2D eigenvalue weighted by Gasteiger charge is 2.54. The third-order valence-electron chi connectivity index (χ3n) is 8.78. The number of aromatic nitrogens is 2. The zero-order valence-electron chi connectivity index (χ0n) is 24.2. The molecule has 1 saturated carbocycles. The van der Waals surface area contributed by atoms with Crippen molar-refractivity contribution in [1.82, 2.24) is 20.2 Å². The van der Waals surface area contributed by atoms with Gasteiger partial charge < -0.3 is 24.5 Å². The number of hydrogen-bond donors (Lipinski definition) is 1. The minimum atomic E-state index is -3.32. The molecule has 2 fully saturated rings. The normalized spacial score (nSPS) is 32.5. The Hall–Kier alpha value is -3.37. The van der Waals surface area contributed by atoms with E-state index < -0.39 is 65.2 Å². The van der Waals surface area contributed by atoms with E-state index in [1.165, 1.54) is 4.90 Å². The van der Waals surface area contributed by atoms with Crippen molar-refractivity contribution in [2.75, 3.05) is 6.54 Å². The Morgan fingerprint density at radius 2 is 1.80 bits per heavy atom. The van der Waals surface area contributed by atoms with Crippen molar-refractivity contribution < 1.29 is 32.6 Å². The summed E-state index contributed by atoms with van der Waals surface area (Å²) in [5.74, 6) is -4.58. The molecule has 6 atom stereocenters. The van der Waals surface area contributed by atoms with Crippen molar-refractivity contribution >= 4 is 29.3 Å². The van der Waals surface area contributed by atoms with Gasteiger partial charge in [-0.25, -0.2) is 14.8 Å². The summed E-state index contributed by atoms with van der Waals surface area (Å²) in [6.07, 6.45) is 0.699. The lowest BCUT2D eigenvalue weighted by Gasteiger charge is -2.35. The average molecular weight is 573 g/mol. The third-order valence-corrected chi connectivity index (χ3v) is 8.78. The summed E-state index contributed by atoms with van der Waals surface area (Å²) in [6, 6.07) is 4.85. The highest BCUT2D eigenvalue weighted by molar-refractivity contribution is 5.89. The van der Waals surface area contributed by atoms with Gasteiger partial charge in [0.05, 0.1) is 23.6 Å². The van der Waals surface area contributed by atoms with Crippen molar-refractivity contribution in [3.8, 4) is 5.88 Å². The molecular weight excluding hydrogens is 534 g/mol. The van der Waals surface area contributed by atoms with Crippen molar-refractivity contribution in [2.24, 2.45) is 17.3 Å². The molecule has 5 rings (SSSR count). The van der Waals surface area contributed by atoms with Crippen LogP contribution in [0.4, 0.5) is 13.6 Å². The molecule has 11 heteroatoms. The van der Waals surface area contributed by atoms with E-state index >= 15 is 8.78 Å². The molecule has 1 saturated heterocycles. The van der Waals surface area contributed by atoms with Crippen molar-refractivity contribution in [2.45, 2.75) is 96.4 Å². The fraction of sp³-hybridized carbons (Fsp3) is 0.633. The maximum Gasteiger partial charge on any atom is 0.408 e. The Balaban J connectivity index is 1.54. The van der Waals surface area contributed by atoms with Crippen LogP contribution in [0, 0.1) is 17.3 Å². The number of nitrogens with zero attached hydrogens (tertiary/aromatic N) is 3. The molecule has 222 valence electrons. The summed E-state index contributed by atoms with van der Waals surface area (Å²) in [4.78, 5) is 49.2. The number of aldehydes is 1. The van der Waals surface area contributed by atoms with Gasteiger partial charge in [0.25, 0.3) is 5.92 Å². The van der Waals surface area contributed by atoms with E-state index in [-0.39, 0.29) is 24.8 Å². The van der Waals surface area contributed by atoms with Crippen molar-refractivity contribution in [1.29, 1.82) is 0 Å². The SMILES string of the molecule is C[C@@H]1[C@@H]2CN(C(=O)[C@H](C(C)(C)C)NC(=O)O[C@]3(C)C[C@H]3CCCCC(F)(F)c3nc4ccccc4nc3O2)[C@@H]1C=O. The molecule has 9 nitrogen and oxygen atoms in total. The Labute approximate surface area is 238 Å². The van der Waals surface area contributed by atoms with Crippen molar-refractivity contribution in [3.63, 3.8) is 0 Å². The zero-order valence-corrected chi connectivity index (χ0v) is 24.2. The molecule has 1 N–H and O–H groups in total. The van der Waals surface area contributed by atoms with Crippen LogP contribution in [-0.4, -0.2) is 63.5 Å². The maximum absolute atomic E-state index is 15.7. The Morgan fingerprint density at radius 1 is 1.12 bits per heavy atom. The molecule has 2 amide bonds. The zero-order chi connectivity index (χ0) is 29.7. The first-order valence-electron chi connectivity index (χ1n) is 14.3. The van der Waals surface area contributed by atoms with Gasteiger partial charge in [-0.2, -0.15) is 8.78 Å². The molecule has 0 spiro atoms. The quantitative estimate of drug-likeness (QED) is 0.479. The number of amides is 2. The predicted octanol–water partition coefficient (Wildman–Crippen LogP) is 5.01. The summed E-state index contributed by atoms with van der Waals surface area (Å²) in [5.41, 5.74) is -1.24.